The minimum atomic E-state index is -0.114. The van der Waals surface area contributed by atoms with Crippen LogP contribution in [0.5, 0.6) is 0 Å². The van der Waals surface area contributed by atoms with Gasteiger partial charge in [0.05, 0.1) is 13.2 Å². The number of aliphatic hydroxyl groups excluding tert-OH is 1. The summed E-state index contributed by atoms with van der Waals surface area (Å²) in [6.07, 6.45) is 16.2. The van der Waals surface area contributed by atoms with Crippen LogP contribution in [0, 0.1) is 0 Å². The molecule has 0 aromatic heterocycles. The van der Waals surface area contributed by atoms with E-state index in [2.05, 4.69) is 23.8 Å². The van der Waals surface area contributed by atoms with E-state index in [1.54, 1.807) is 0 Å². The molecule has 0 amide bonds. The number of esters is 1. The number of ether oxygens (including phenoxy) is 2. The molecule has 2 atom stereocenters. The molecule has 1 N–H and O–H groups in total. The van der Waals surface area contributed by atoms with Crippen molar-refractivity contribution in [3.8, 4) is 0 Å². The molecule has 1 aliphatic heterocycles. The topological polar surface area (TPSA) is 59.1 Å². The number of carbonyl (C=O) groups excluding carboxylic acids is 1. The fourth-order valence-electron chi connectivity index (χ4n) is 2.57. The molecule has 4 nitrogen and oxygen atoms in total. The van der Waals surface area contributed by atoms with E-state index in [9.17, 15) is 9.90 Å². The molecule has 1 saturated heterocycles. The van der Waals surface area contributed by atoms with Gasteiger partial charge in [0.2, 0.25) is 0 Å². The molecular weight excluding hydrogens is 292 g/mol. The number of unbranched alkanes of at least 4 members (excludes halogenated alkanes) is 6. The Morgan fingerprint density at radius 1 is 1.13 bits per heavy atom. The van der Waals surface area contributed by atoms with Crippen molar-refractivity contribution in [2.75, 3.05) is 7.11 Å². The number of rotatable bonds is 13. The number of hydrogen-bond acceptors (Lipinski definition) is 4. The van der Waals surface area contributed by atoms with Gasteiger partial charge in [-0.15, -0.1) is 0 Å². The second-order valence-corrected chi connectivity index (χ2v) is 6.08. The van der Waals surface area contributed by atoms with Gasteiger partial charge in [-0.1, -0.05) is 44.8 Å². The van der Waals surface area contributed by atoms with Crippen LogP contribution >= 0.6 is 0 Å². The molecule has 0 spiro atoms. The Morgan fingerprint density at radius 3 is 2.52 bits per heavy atom. The van der Waals surface area contributed by atoms with Crippen LogP contribution in [0.1, 0.15) is 71.1 Å². The average molecular weight is 324 g/mol. The van der Waals surface area contributed by atoms with E-state index < -0.39 is 0 Å². The van der Waals surface area contributed by atoms with E-state index in [0.29, 0.717) is 12.2 Å². The normalized spacial score (nSPS) is 20.9. The summed E-state index contributed by atoms with van der Waals surface area (Å²) in [4.78, 5) is 10.9. The van der Waals surface area contributed by atoms with Gasteiger partial charge >= 0.3 is 5.97 Å². The highest BCUT2D eigenvalue weighted by Gasteiger charge is 2.40. The maximum absolute atomic E-state index is 10.9. The lowest BCUT2D eigenvalue weighted by Gasteiger charge is -2.01. The van der Waals surface area contributed by atoms with Crippen LogP contribution in [0.15, 0.2) is 24.0 Å². The summed E-state index contributed by atoms with van der Waals surface area (Å²) in [5, 5.41) is 9.93. The van der Waals surface area contributed by atoms with Gasteiger partial charge in [-0.3, -0.25) is 4.79 Å². The highest BCUT2D eigenvalue weighted by molar-refractivity contribution is 5.68. The Balaban J connectivity index is 1.94. The maximum atomic E-state index is 10.9. The number of epoxide rings is 1. The molecule has 1 aliphatic rings. The zero-order valence-corrected chi connectivity index (χ0v) is 14.6. The summed E-state index contributed by atoms with van der Waals surface area (Å²) in [6, 6.07) is 0. The van der Waals surface area contributed by atoms with Crippen molar-refractivity contribution >= 4 is 5.97 Å². The minimum absolute atomic E-state index is 0.0742. The Hall–Kier alpha value is -1.29. The first-order chi connectivity index (χ1) is 11.2. The van der Waals surface area contributed by atoms with Gasteiger partial charge in [0.15, 0.2) is 0 Å². The van der Waals surface area contributed by atoms with Crippen LogP contribution in [0.4, 0.5) is 0 Å². The van der Waals surface area contributed by atoms with E-state index in [-0.39, 0.29) is 18.2 Å². The van der Waals surface area contributed by atoms with Crippen molar-refractivity contribution in [3.63, 3.8) is 0 Å². The molecule has 1 fully saturated rings. The van der Waals surface area contributed by atoms with Crippen molar-refractivity contribution in [1.82, 2.24) is 0 Å². The molecule has 23 heavy (non-hydrogen) atoms. The highest BCUT2D eigenvalue weighted by atomic mass is 16.6. The lowest BCUT2D eigenvalue weighted by Crippen LogP contribution is -1.99. The number of carbonyl (C=O) groups is 1. The van der Waals surface area contributed by atoms with Crippen LogP contribution in [-0.2, 0) is 14.3 Å². The second-order valence-electron chi connectivity index (χ2n) is 6.08. The maximum Gasteiger partial charge on any atom is 0.305 e. The molecule has 1 rings (SSSR count). The van der Waals surface area contributed by atoms with E-state index in [4.69, 9.17) is 4.74 Å². The summed E-state index contributed by atoms with van der Waals surface area (Å²) in [7, 11) is 1.43. The van der Waals surface area contributed by atoms with Gasteiger partial charge < -0.3 is 14.6 Å². The largest absolute Gasteiger partial charge is 0.510 e. The third-order valence-corrected chi connectivity index (χ3v) is 4.06. The van der Waals surface area contributed by atoms with Crippen LogP contribution < -0.4 is 0 Å². The average Bonchev–Trinajstić information content (AvgIpc) is 3.32. The first kappa shape index (κ1) is 19.8. The zero-order chi connectivity index (χ0) is 16.9. The molecule has 0 bridgehead atoms. The molecular formula is C19H32O4. The minimum Gasteiger partial charge on any atom is -0.510 e. The van der Waals surface area contributed by atoms with Crippen molar-refractivity contribution < 1.29 is 19.4 Å². The summed E-state index contributed by atoms with van der Waals surface area (Å²) in [5.74, 6) is 0.286. The van der Waals surface area contributed by atoms with Crippen molar-refractivity contribution in [2.24, 2.45) is 0 Å². The van der Waals surface area contributed by atoms with Gasteiger partial charge in [0, 0.05) is 6.42 Å². The molecule has 0 aromatic rings. The summed E-state index contributed by atoms with van der Waals surface area (Å²) < 4.78 is 10.1. The lowest BCUT2D eigenvalue weighted by atomic mass is 10.1. The van der Waals surface area contributed by atoms with E-state index in [1.165, 1.54) is 13.5 Å². The van der Waals surface area contributed by atoms with Gasteiger partial charge in [0.25, 0.3) is 0 Å². The third kappa shape index (κ3) is 9.44. The van der Waals surface area contributed by atoms with Crippen LogP contribution in [0.2, 0.25) is 0 Å². The zero-order valence-electron chi connectivity index (χ0n) is 14.6. The third-order valence-electron chi connectivity index (χ3n) is 4.06. The van der Waals surface area contributed by atoms with Gasteiger partial charge in [-0.05, 0) is 38.2 Å². The lowest BCUT2D eigenvalue weighted by molar-refractivity contribution is -0.140. The molecule has 0 aliphatic carbocycles. The first-order valence-electron chi connectivity index (χ1n) is 8.95. The molecule has 132 valence electrons. The van der Waals surface area contributed by atoms with E-state index in [1.807, 2.05) is 6.08 Å². The standard InChI is InChI=1S/C19H32O4/c1-3-4-10-14-17-19(23-17)16(20)13-11-8-6-5-7-9-12-15-18(21)22-2/h4,10,13,17,19-20H,3,5-9,11-12,14-15H2,1-2H3. The summed E-state index contributed by atoms with van der Waals surface area (Å²) in [6.45, 7) is 2.11. The fourth-order valence-corrected chi connectivity index (χ4v) is 2.57. The SMILES string of the molecule is CCC=CCC1OC1C(O)=CCCCCCCCCC(=O)OC. The molecule has 0 aromatic carbocycles. The predicted molar refractivity (Wildman–Crippen MR) is 92.4 cm³/mol. The molecule has 0 radical (unpaired) electrons. The Kier molecular flexibility index (Phi) is 10.5. The van der Waals surface area contributed by atoms with Crippen LogP contribution in [-0.4, -0.2) is 30.4 Å². The second kappa shape index (κ2) is 12.2. The molecule has 0 saturated carbocycles. The Morgan fingerprint density at radius 2 is 1.83 bits per heavy atom. The number of allylic oxidation sites excluding steroid dienone is 2. The number of hydrogen-bond donors (Lipinski definition) is 1. The van der Waals surface area contributed by atoms with Crippen molar-refractivity contribution in [1.29, 1.82) is 0 Å². The molecule has 4 heteroatoms. The van der Waals surface area contributed by atoms with Gasteiger partial charge in [0.1, 0.15) is 11.9 Å². The number of aliphatic hydroxyl groups is 1. The monoisotopic (exact) mass is 324 g/mol. The predicted octanol–water partition coefficient (Wildman–Crippen LogP) is 4.85. The Labute approximate surface area is 140 Å². The summed E-state index contributed by atoms with van der Waals surface area (Å²) >= 11 is 0. The van der Waals surface area contributed by atoms with E-state index in [0.717, 1.165) is 51.4 Å². The Bertz CT molecular complexity index is 387. The smallest absolute Gasteiger partial charge is 0.305 e. The van der Waals surface area contributed by atoms with E-state index >= 15 is 0 Å². The van der Waals surface area contributed by atoms with Gasteiger partial charge in [-0.25, -0.2) is 0 Å². The molecule has 1 heterocycles. The first-order valence-corrected chi connectivity index (χ1v) is 8.95. The van der Waals surface area contributed by atoms with Crippen LogP contribution in [0.25, 0.3) is 0 Å². The van der Waals surface area contributed by atoms with Crippen molar-refractivity contribution in [2.45, 2.75) is 83.3 Å². The fraction of sp³-hybridized carbons (Fsp3) is 0.737. The quantitative estimate of drug-likeness (QED) is 0.173. The number of methoxy groups -OCH3 is 1. The van der Waals surface area contributed by atoms with Crippen molar-refractivity contribution in [3.05, 3.63) is 24.0 Å². The highest BCUT2D eigenvalue weighted by Crippen LogP contribution is 2.31. The summed E-state index contributed by atoms with van der Waals surface area (Å²) in [5.41, 5.74) is 0. The van der Waals surface area contributed by atoms with Gasteiger partial charge in [-0.2, -0.15) is 0 Å². The van der Waals surface area contributed by atoms with Crippen LogP contribution in [0.3, 0.4) is 0 Å². The molecule has 2 unspecified atom stereocenters.